The van der Waals surface area contributed by atoms with Crippen molar-refractivity contribution >= 4 is 5.91 Å². The van der Waals surface area contributed by atoms with Gasteiger partial charge < -0.3 is 15.4 Å². The van der Waals surface area contributed by atoms with Crippen LogP contribution >= 0.6 is 0 Å². The summed E-state index contributed by atoms with van der Waals surface area (Å²) < 4.78 is 5.69. The van der Waals surface area contributed by atoms with Gasteiger partial charge in [0.05, 0.1) is 18.1 Å². The lowest BCUT2D eigenvalue weighted by molar-refractivity contribution is -0.127. The highest BCUT2D eigenvalue weighted by Gasteiger charge is 2.41. The maximum absolute atomic E-state index is 12.1. The Kier molecular flexibility index (Phi) is 4.05. The van der Waals surface area contributed by atoms with Crippen LogP contribution in [0.3, 0.4) is 0 Å². The lowest BCUT2D eigenvalue weighted by Gasteiger charge is -2.18. The van der Waals surface area contributed by atoms with Crippen LogP contribution in [0.5, 0.6) is 0 Å². The topological polar surface area (TPSA) is 50.4 Å². The third-order valence-electron chi connectivity index (χ3n) is 3.98. The van der Waals surface area contributed by atoms with Crippen molar-refractivity contribution < 1.29 is 9.53 Å². The summed E-state index contributed by atoms with van der Waals surface area (Å²) in [6.07, 6.45) is 2.80. The lowest BCUT2D eigenvalue weighted by atomic mass is 9.89. The molecule has 0 aromatic carbocycles. The van der Waals surface area contributed by atoms with Gasteiger partial charge in [-0.2, -0.15) is 0 Å². The Labute approximate surface area is 103 Å². The minimum atomic E-state index is 0.00549. The number of carbonyl (C=O) groups is 1. The Balaban J connectivity index is 1.70. The molecule has 0 radical (unpaired) electrons. The maximum atomic E-state index is 12.1. The van der Waals surface area contributed by atoms with Gasteiger partial charge in [0.2, 0.25) is 5.91 Å². The van der Waals surface area contributed by atoms with E-state index in [0.29, 0.717) is 12.0 Å². The first-order valence-corrected chi connectivity index (χ1v) is 6.76. The summed E-state index contributed by atoms with van der Waals surface area (Å²) in [5, 5.41) is 6.40. The van der Waals surface area contributed by atoms with E-state index >= 15 is 0 Å². The second kappa shape index (κ2) is 5.36. The molecule has 0 spiro atoms. The van der Waals surface area contributed by atoms with Gasteiger partial charge >= 0.3 is 0 Å². The quantitative estimate of drug-likeness (QED) is 0.702. The number of ether oxygens (including phenoxy) is 1. The fourth-order valence-corrected chi connectivity index (χ4v) is 2.59. The summed E-state index contributed by atoms with van der Waals surface area (Å²) in [5.41, 5.74) is 0. The van der Waals surface area contributed by atoms with Crippen molar-refractivity contribution in [3.8, 4) is 0 Å². The number of amides is 1. The molecule has 0 aromatic heterocycles. The van der Waals surface area contributed by atoms with Gasteiger partial charge in [-0.05, 0) is 32.6 Å². The molecule has 1 aliphatic carbocycles. The molecular weight excluding hydrogens is 216 g/mol. The van der Waals surface area contributed by atoms with Crippen LogP contribution in [0.2, 0.25) is 0 Å². The monoisotopic (exact) mass is 240 g/mol. The van der Waals surface area contributed by atoms with Crippen molar-refractivity contribution in [2.24, 2.45) is 11.8 Å². The lowest BCUT2D eigenvalue weighted by Crippen LogP contribution is -2.40. The molecule has 2 rings (SSSR count). The highest BCUT2D eigenvalue weighted by Crippen LogP contribution is 2.32. The largest absolute Gasteiger partial charge is 0.374 e. The van der Waals surface area contributed by atoms with E-state index in [-0.39, 0.29) is 24.0 Å². The van der Waals surface area contributed by atoms with Crippen molar-refractivity contribution in [3.63, 3.8) is 0 Å². The van der Waals surface area contributed by atoms with E-state index < -0.39 is 0 Å². The first-order valence-electron chi connectivity index (χ1n) is 6.76. The van der Waals surface area contributed by atoms with Gasteiger partial charge in [-0.15, -0.1) is 0 Å². The molecule has 1 amide bonds. The van der Waals surface area contributed by atoms with E-state index in [1.807, 2.05) is 13.8 Å². The highest BCUT2D eigenvalue weighted by molar-refractivity contribution is 5.79. The molecule has 17 heavy (non-hydrogen) atoms. The molecule has 1 saturated carbocycles. The summed E-state index contributed by atoms with van der Waals surface area (Å²) >= 11 is 0. The first kappa shape index (κ1) is 12.8. The fourth-order valence-electron chi connectivity index (χ4n) is 2.59. The minimum Gasteiger partial charge on any atom is -0.374 e. The van der Waals surface area contributed by atoms with Crippen molar-refractivity contribution in [1.29, 1.82) is 0 Å². The molecule has 4 unspecified atom stereocenters. The zero-order valence-electron chi connectivity index (χ0n) is 11.0. The summed E-state index contributed by atoms with van der Waals surface area (Å²) in [6, 6.07) is 0.708. The molecule has 0 bridgehead atoms. The van der Waals surface area contributed by atoms with Crippen LogP contribution in [-0.2, 0) is 9.53 Å². The zero-order valence-corrected chi connectivity index (χ0v) is 11.0. The molecule has 4 atom stereocenters. The Hall–Kier alpha value is -0.610. The number of hydrogen-bond acceptors (Lipinski definition) is 3. The number of hydrogen-bond donors (Lipinski definition) is 2. The molecule has 2 fully saturated rings. The van der Waals surface area contributed by atoms with Crippen LogP contribution in [0.1, 0.15) is 33.6 Å². The van der Waals surface area contributed by atoms with Gasteiger partial charge in [-0.1, -0.05) is 6.92 Å². The van der Waals surface area contributed by atoms with Crippen LogP contribution in [0, 0.1) is 11.8 Å². The van der Waals surface area contributed by atoms with Gasteiger partial charge in [0.25, 0.3) is 0 Å². The average molecular weight is 240 g/mol. The summed E-state index contributed by atoms with van der Waals surface area (Å²) in [7, 11) is 0. The Morgan fingerprint density at radius 3 is 2.41 bits per heavy atom. The standard InChI is InChI=1S/C13H24N2O2/c1-8-9(2)17-10(3)12(8)13(16)15-7-6-14-11-4-5-11/h8-12,14H,4-7H2,1-3H3,(H,15,16). The third kappa shape index (κ3) is 3.19. The second-order valence-electron chi connectivity index (χ2n) is 5.45. The van der Waals surface area contributed by atoms with Crippen molar-refractivity contribution in [2.45, 2.75) is 51.9 Å². The molecule has 4 nitrogen and oxygen atoms in total. The molecule has 1 aliphatic heterocycles. The van der Waals surface area contributed by atoms with Crippen LogP contribution in [0.25, 0.3) is 0 Å². The Morgan fingerprint density at radius 2 is 1.88 bits per heavy atom. The number of rotatable bonds is 5. The molecular formula is C13H24N2O2. The maximum Gasteiger partial charge on any atom is 0.226 e. The van der Waals surface area contributed by atoms with E-state index in [9.17, 15) is 4.79 Å². The molecule has 2 aliphatic rings. The zero-order chi connectivity index (χ0) is 12.4. The third-order valence-corrected chi connectivity index (χ3v) is 3.98. The fraction of sp³-hybridized carbons (Fsp3) is 0.923. The highest BCUT2D eigenvalue weighted by atomic mass is 16.5. The van der Waals surface area contributed by atoms with E-state index in [1.54, 1.807) is 0 Å². The molecule has 2 N–H and O–H groups in total. The Bertz CT molecular complexity index is 279. The SMILES string of the molecule is CC1OC(C)C(C(=O)NCCNC2CC2)C1C. The Morgan fingerprint density at radius 1 is 1.18 bits per heavy atom. The first-order chi connectivity index (χ1) is 8.09. The van der Waals surface area contributed by atoms with Crippen LogP contribution < -0.4 is 10.6 Å². The van der Waals surface area contributed by atoms with Crippen LogP contribution in [0.4, 0.5) is 0 Å². The van der Waals surface area contributed by atoms with Crippen molar-refractivity contribution in [3.05, 3.63) is 0 Å². The average Bonchev–Trinajstić information content (AvgIpc) is 3.04. The molecule has 4 heteroatoms. The van der Waals surface area contributed by atoms with E-state index in [4.69, 9.17) is 4.74 Å². The molecule has 1 saturated heterocycles. The van der Waals surface area contributed by atoms with E-state index in [0.717, 1.165) is 13.1 Å². The second-order valence-corrected chi connectivity index (χ2v) is 5.45. The smallest absolute Gasteiger partial charge is 0.226 e. The number of nitrogens with one attached hydrogen (secondary N) is 2. The van der Waals surface area contributed by atoms with Gasteiger partial charge in [-0.3, -0.25) is 4.79 Å². The van der Waals surface area contributed by atoms with Gasteiger partial charge in [0, 0.05) is 19.1 Å². The van der Waals surface area contributed by atoms with Crippen LogP contribution in [-0.4, -0.2) is 37.2 Å². The molecule has 0 aromatic rings. The van der Waals surface area contributed by atoms with E-state index in [1.165, 1.54) is 12.8 Å². The molecule has 1 heterocycles. The predicted molar refractivity (Wildman–Crippen MR) is 66.7 cm³/mol. The van der Waals surface area contributed by atoms with E-state index in [2.05, 4.69) is 17.6 Å². The summed E-state index contributed by atoms with van der Waals surface area (Å²) in [4.78, 5) is 12.1. The predicted octanol–water partition coefficient (Wildman–Crippen LogP) is 0.914. The summed E-state index contributed by atoms with van der Waals surface area (Å²) in [6.45, 7) is 7.73. The minimum absolute atomic E-state index is 0.00549. The summed E-state index contributed by atoms with van der Waals surface area (Å²) in [5.74, 6) is 0.458. The van der Waals surface area contributed by atoms with Gasteiger partial charge in [0.1, 0.15) is 0 Å². The number of carbonyl (C=O) groups excluding carboxylic acids is 1. The van der Waals surface area contributed by atoms with Crippen LogP contribution in [0.15, 0.2) is 0 Å². The van der Waals surface area contributed by atoms with Crippen molar-refractivity contribution in [1.82, 2.24) is 10.6 Å². The molecule has 98 valence electrons. The van der Waals surface area contributed by atoms with Gasteiger partial charge in [0.15, 0.2) is 0 Å². The normalized spacial score (nSPS) is 37.1. The van der Waals surface area contributed by atoms with Crippen molar-refractivity contribution in [2.75, 3.05) is 13.1 Å². The van der Waals surface area contributed by atoms with Gasteiger partial charge in [-0.25, -0.2) is 0 Å².